The molecular formula is C16H20BrClO. The summed E-state index contributed by atoms with van der Waals surface area (Å²) in [5.41, 5.74) is 1.57. The van der Waals surface area contributed by atoms with Crippen molar-refractivity contribution in [3.63, 3.8) is 0 Å². The van der Waals surface area contributed by atoms with Gasteiger partial charge in [-0.3, -0.25) is 0 Å². The van der Waals surface area contributed by atoms with Crippen LogP contribution in [0.3, 0.4) is 0 Å². The van der Waals surface area contributed by atoms with E-state index in [1.807, 2.05) is 12.1 Å². The zero-order chi connectivity index (χ0) is 13.5. The van der Waals surface area contributed by atoms with Gasteiger partial charge in [0.15, 0.2) is 0 Å². The van der Waals surface area contributed by atoms with Crippen LogP contribution in [-0.2, 0) is 6.42 Å². The van der Waals surface area contributed by atoms with Gasteiger partial charge < -0.3 is 4.74 Å². The Morgan fingerprint density at radius 1 is 1.37 bits per heavy atom. The Labute approximate surface area is 128 Å². The van der Waals surface area contributed by atoms with Crippen LogP contribution in [0.15, 0.2) is 18.2 Å². The molecule has 0 saturated heterocycles. The minimum absolute atomic E-state index is 0.380. The third-order valence-electron chi connectivity index (χ3n) is 4.90. The molecule has 1 aromatic carbocycles. The number of hydrogen-bond acceptors (Lipinski definition) is 1. The molecule has 1 aromatic rings. The van der Waals surface area contributed by atoms with Gasteiger partial charge in [-0.15, -0.1) is 0 Å². The second-order valence-corrected chi connectivity index (χ2v) is 7.37. The van der Waals surface area contributed by atoms with Crippen LogP contribution in [-0.4, -0.2) is 10.9 Å². The topological polar surface area (TPSA) is 9.23 Å². The van der Waals surface area contributed by atoms with Crippen LogP contribution in [0, 0.1) is 5.41 Å². The number of alkyl halides is 1. The van der Waals surface area contributed by atoms with Gasteiger partial charge in [0.1, 0.15) is 11.9 Å². The lowest BCUT2D eigenvalue weighted by Gasteiger charge is -2.51. The number of aryl methyl sites for hydroxylation is 1. The summed E-state index contributed by atoms with van der Waals surface area (Å²) < 4.78 is 6.27. The molecule has 2 fully saturated rings. The van der Waals surface area contributed by atoms with Gasteiger partial charge in [0.05, 0.1) is 0 Å². The van der Waals surface area contributed by atoms with E-state index >= 15 is 0 Å². The molecule has 0 aromatic heterocycles. The second-order valence-electron chi connectivity index (χ2n) is 5.86. The highest BCUT2D eigenvalue weighted by atomic mass is 79.9. The summed E-state index contributed by atoms with van der Waals surface area (Å²) in [5, 5.41) is 0.845. The van der Waals surface area contributed by atoms with Crippen LogP contribution in [0.25, 0.3) is 0 Å². The minimum atomic E-state index is 0.380. The average Bonchev–Trinajstić information content (AvgIpc) is 2.93. The molecule has 19 heavy (non-hydrogen) atoms. The van der Waals surface area contributed by atoms with Crippen molar-refractivity contribution >= 4 is 27.5 Å². The van der Waals surface area contributed by atoms with E-state index in [0.717, 1.165) is 23.6 Å². The first-order chi connectivity index (χ1) is 9.15. The van der Waals surface area contributed by atoms with Crippen LogP contribution in [0.1, 0.15) is 44.6 Å². The summed E-state index contributed by atoms with van der Waals surface area (Å²) in [6.45, 7) is 2.13. The molecule has 2 aliphatic rings. The molecule has 2 saturated carbocycles. The molecule has 0 amide bonds. The fourth-order valence-electron chi connectivity index (χ4n) is 3.59. The first kappa shape index (κ1) is 13.8. The standard InChI is InChI=1S/C16H20BrClO/c1-2-11-9-12(5-6-13(11)18)19-15-10-14(17)16(15)7-3-4-8-16/h5-6,9,14-15H,2-4,7-8,10H2,1H3. The van der Waals surface area contributed by atoms with E-state index in [0.29, 0.717) is 16.3 Å². The van der Waals surface area contributed by atoms with Crippen LogP contribution in [0.2, 0.25) is 5.02 Å². The molecule has 3 heteroatoms. The van der Waals surface area contributed by atoms with Crippen molar-refractivity contribution in [1.29, 1.82) is 0 Å². The van der Waals surface area contributed by atoms with Gasteiger partial charge in [-0.1, -0.05) is 47.3 Å². The Kier molecular flexibility index (Phi) is 3.83. The summed E-state index contributed by atoms with van der Waals surface area (Å²) in [4.78, 5) is 0.644. The first-order valence-electron chi connectivity index (χ1n) is 7.25. The number of benzene rings is 1. The van der Waals surface area contributed by atoms with Gasteiger partial charge in [-0.25, -0.2) is 0 Å². The molecule has 0 N–H and O–H groups in total. The maximum Gasteiger partial charge on any atom is 0.120 e. The highest BCUT2D eigenvalue weighted by Gasteiger charge is 2.56. The summed E-state index contributed by atoms with van der Waals surface area (Å²) in [7, 11) is 0. The number of hydrogen-bond donors (Lipinski definition) is 0. The van der Waals surface area contributed by atoms with Crippen molar-refractivity contribution < 1.29 is 4.74 Å². The predicted molar refractivity (Wildman–Crippen MR) is 83.5 cm³/mol. The lowest BCUT2D eigenvalue weighted by atomic mass is 9.64. The largest absolute Gasteiger partial charge is 0.490 e. The molecule has 104 valence electrons. The molecule has 0 aliphatic heterocycles. The maximum atomic E-state index is 6.27. The van der Waals surface area contributed by atoms with Crippen LogP contribution < -0.4 is 4.74 Å². The maximum absolute atomic E-state index is 6.27. The molecule has 0 bridgehead atoms. The van der Waals surface area contributed by atoms with E-state index in [-0.39, 0.29) is 0 Å². The summed E-state index contributed by atoms with van der Waals surface area (Å²) in [6, 6.07) is 6.07. The van der Waals surface area contributed by atoms with E-state index in [1.165, 1.54) is 31.2 Å². The van der Waals surface area contributed by atoms with E-state index in [2.05, 4.69) is 28.9 Å². The Hall–Kier alpha value is -0.210. The quantitative estimate of drug-likeness (QED) is 0.670. The minimum Gasteiger partial charge on any atom is -0.490 e. The van der Waals surface area contributed by atoms with Crippen molar-refractivity contribution in [2.75, 3.05) is 0 Å². The van der Waals surface area contributed by atoms with Gasteiger partial charge in [0, 0.05) is 15.3 Å². The van der Waals surface area contributed by atoms with E-state index in [1.54, 1.807) is 0 Å². The number of ether oxygens (including phenoxy) is 1. The van der Waals surface area contributed by atoms with Gasteiger partial charge in [0.2, 0.25) is 0 Å². The monoisotopic (exact) mass is 342 g/mol. The Morgan fingerprint density at radius 2 is 2.11 bits per heavy atom. The summed E-state index contributed by atoms with van der Waals surface area (Å²) >= 11 is 10.00. The number of halogens is 2. The molecular weight excluding hydrogens is 324 g/mol. The van der Waals surface area contributed by atoms with Crippen molar-refractivity contribution in [2.45, 2.75) is 56.4 Å². The second kappa shape index (κ2) is 5.29. The van der Waals surface area contributed by atoms with Gasteiger partial charge in [0.25, 0.3) is 0 Å². The molecule has 0 heterocycles. The number of rotatable bonds is 3. The molecule has 2 atom stereocenters. The highest BCUT2D eigenvalue weighted by molar-refractivity contribution is 9.09. The average molecular weight is 344 g/mol. The van der Waals surface area contributed by atoms with Crippen molar-refractivity contribution in [2.24, 2.45) is 5.41 Å². The van der Waals surface area contributed by atoms with E-state index in [9.17, 15) is 0 Å². The van der Waals surface area contributed by atoms with Crippen molar-refractivity contribution in [1.82, 2.24) is 0 Å². The predicted octanol–water partition coefficient (Wildman–Crippen LogP) is 5.38. The third-order valence-corrected chi connectivity index (χ3v) is 6.55. The smallest absolute Gasteiger partial charge is 0.120 e. The SMILES string of the molecule is CCc1cc(OC2CC(Br)C23CCCC3)ccc1Cl. The van der Waals surface area contributed by atoms with Crippen molar-refractivity contribution in [3.8, 4) is 5.75 Å². The summed E-state index contributed by atoms with van der Waals surface area (Å²) in [5.74, 6) is 0.983. The van der Waals surface area contributed by atoms with Crippen LogP contribution >= 0.6 is 27.5 Å². The Bertz CT molecular complexity index is 468. The Morgan fingerprint density at radius 3 is 2.74 bits per heavy atom. The zero-order valence-corrected chi connectivity index (χ0v) is 13.6. The third kappa shape index (κ3) is 2.31. The van der Waals surface area contributed by atoms with Gasteiger partial charge in [-0.05, 0) is 49.4 Å². The molecule has 0 radical (unpaired) electrons. The molecule has 2 aliphatic carbocycles. The lowest BCUT2D eigenvalue weighted by molar-refractivity contribution is -0.0304. The summed E-state index contributed by atoms with van der Waals surface area (Å²) in [6.07, 6.45) is 7.77. The fraction of sp³-hybridized carbons (Fsp3) is 0.625. The van der Waals surface area contributed by atoms with Gasteiger partial charge >= 0.3 is 0 Å². The van der Waals surface area contributed by atoms with E-state index < -0.39 is 0 Å². The molecule has 2 unspecified atom stereocenters. The fourth-order valence-corrected chi connectivity index (χ4v) is 4.94. The molecule has 1 nitrogen and oxygen atoms in total. The molecule has 1 spiro atoms. The normalized spacial score (nSPS) is 28.4. The highest BCUT2D eigenvalue weighted by Crippen LogP contribution is 2.57. The first-order valence-corrected chi connectivity index (χ1v) is 8.54. The Balaban J connectivity index is 1.75. The molecule has 3 rings (SSSR count). The van der Waals surface area contributed by atoms with Crippen molar-refractivity contribution in [3.05, 3.63) is 28.8 Å². The van der Waals surface area contributed by atoms with Crippen LogP contribution in [0.4, 0.5) is 0 Å². The van der Waals surface area contributed by atoms with E-state index in [4.69, 9.17) is 16.3 Å². The lowest BCUT2D eigenvalue weighted by Crippen LogP contribution is -2.55. The zero-order valence-electron chi connectivity index (χ0n) is 11.3. The van der Waals surface area contributed by atoms with Gasteiger partial charge in [-0.2, -0.15) is 0 Å². The van der Waals surface area contributed by atoms with Crippen LogP contribution in [0.5, 0.6) is 5.75 Å².